The van der Waals surface area contributed by atoms with E-state index in [2.05, 4.69) is 26.9 Å². The van der Waals surface area contributed by atoms with Crippen molar-refractivity contribution in [3.63, 3.8) is 0 Å². The van der Waals surface area contributed by atoms with Crippen LogP contribution in [-0.2, 0) is 9.53 Å². The van der Waals surface area contributed by atoms with Crippen LogP contribution in [0.25, 0.3) is 22.4 Å². The number of nitrogens with zero attached hydrogens (tertiary/aromatic N) is 2. The summed E-state index contributed by atoms with van der Waals surface area (Å²) in [6, 6.07) is 3.68. The van der Waals surface area contributed by atoms with E-state index < -0.39 is 6.10 Å². The van der Waals surface area contributed by atoms with Gasteiger partial charge < -0.3 is 34.4 Å². The predicted octanol–water partition coefficient (Wildman–Crippen LogP) is 4.03. The first kappa shape index (κ1) is 28.2. The number of methoxy groups -OCH3 is 3. The fraction of sp³-hybridized carbons (Fsp3) is 0.519. The average Bonchev–Trinajstić information content (AvgIpc) is 3.30. The fourth-order valence-electron chi connectivity index (χ4n) is 4.32. The summed E-state index contributed by atoms with van der Waals surface area (Å²) in [6.07, 6.45) is 4.85. The minimum atomic E-state index is -0.650. The second-order valence-electron chi connectivity index (χ2n) is 10.3. The number of H-pyrrole nitrogens is 1. The Kier molecular flexibility index (Phi) is 8.98. The van der Waals surface area contributed by atoms with E-state index in [4.69, 9.17) is 19.2 Å². The Hall–Kier alpha value is -3.37. The number of benzene rings is 1. The lowest BCUT2D eigenvalue weighted by molar-refractivity contribution is -0.138. The van der Waals surface area contributed by atoms with Crippen molar-refractivity contribution in [1.82, 2.24) is 20.3 Å². The highest BCUT2D eigenvalue weighted by atomic mass is 16.5. The Labute approximate surface area is 217 Å². The van der Waals surface area contributed by atoms with Gasteiger partial charge in [0.05, 0.1) is 39.3 Å². The van der Waals surface area contributed by atoms with Gasteiger partial charge in [-0.1, -0.05) is 6.92 Å². The van der Waals surface area contributed by atoms with Gasteiger partial charge in [-0.15, -0.1) is 0 Å². The zero-order chi connectivity index (χ0) is 27.2. The van der Waals surface area contributed by atoms with E-state index in [1.54, 1.807) is 27.5 Å². The van der Waals surface area contributed by atoms with Gasteiger partial charge in [0.15, 0.2) is 17.1 Å². The van der Waals surface area contributed by atoms with Gasteiger partial charge in [-0.05, 0) is 52.3 Å². The number of hydrogen-bond acceptors (Lipinski definition) is 9. The summed E-state index contributed by atoms with van der Waals surface area (Å²) < 4.78 is 20.9. The average molecular weight is 515 g/mol. The fourth-order valence-corrected chi connectivity index (χ4v) is 4.32. The number of aromatic amines is 1. The Morgan fingerprint density at radius 3 is 2.30 bits per heavy atom. The topological polar surface area (TPSA) is 128 Å². The molecular formula is C27H38N4O6. The highest BCUT2D eigenvalue weighted by Gasteiger charge is 2.37. The molecule has 1 aliphatic heterocycles. The zero-order valence-corrected chi connectivity index (χ0v) is 22.7. The van der Waals surface area contributed by atoms with Crippen LogP contribution in [0.2, 0.25) is 0 Å². The van der Waals surface area contributed by atoms with Crippen molar-refractivity contribution in [3.05, 3.63) is 30.1 Å². The molecule has 0 saturated carbocycles. The van der Waals surface area contributed by atoms with Crippen LogP contribution in [0.3, 0.4) is 0 Å². The van der Waals surface area contributed by atoms with Crippen LogP contribution in [0.15, 0.2) is 24.5 Å². The Bertz CT molecular complexity index is 1170. The maximum absolute atomic E-state index is 11.2. The lowest BCUT2D eigenvalue weighted by Gasteiger charge is -2.38. The van der Waals surface area contributed by atoms with Crippen LogP contribution in [0, 0.1) is 5.41 Å². The monoisotopic (exact) mass is 514 g/mol. The number of fused-ring (bicyclic) bond motifs is 1. The van der Waals surface area contributed by atoms with Gasteiger partial charge in [0.25, 0.3) is 6.47 Å². The second kappa shape index (κ2) is 11.8. The van der Waals surface area contributed by atoms with Gasteiger partial charge in [-0.2, -0.15) is 0 Å². The number of nitrogens with one attached hydrogen (secondary N) is 2. The third-order valence-corrected chi connectivity index (χ3v) is 6.36. The van der Waals surface area contributed by atoms with Crippen molar-refractivity contribution in [2.24, 2.45) is 5.41 Å². The van der Waals surface area contributed by atoms with E-state index in [9.17, 15) is 9.90 Å². The quantitative estimate of drug-likeness (QED) is 0.400. The van der Waals surface area contributed by atoms with Crippen LogP contribution >= 0.6 is 0 Å². The summed E-state index contributed by atoms with van der Waals surface area (Å²) in [4.78, 5) is 22.1. The van der Waals surface area contributed by atoms with E-state index in [1.807, 2.05) is 39.1 Å². The third-order valence-electron chi connectivity index (χ3n) is 6.36. The Balaban J connectivity index is 0.000000479. The second-order valence-corrected chi connectivity index (χ2v) is 10.3. The molecule has 37 heavy (non-hydrogen) atoms. The van der Waals surface area contributed by atoms with Crippen LogP contribution in [0.5, 0.6) is 17.2 Å². The first-order chi connectivity index (χ1) is 17.6. The van der Waals surface area contributed by atoms with Crippen molar-refractivity contribution >= 4 is 17.6 Å². The van der Waals surface area contributed by atoms with E-state index in [-0.39, 0.29) is 11.0 Å². The number of carbonyl (C=O) groups excluding carboxylic acids is 1. The summed E-state index contributed by atoms with van der Waals surface area (Å²) in [6.45, 7) is 9.78. The number of aromatic nitrogens is 3. The van der Waals surface area contributed by atoms with Crippen molar-refractivity contribution in [2.45, 2.75) is 52.2 Å². The van der Waals surface area contributed by atoms with E-state index in [1.165, 1.54) is 0 Å². The minimum absolute atomic E-state index is 0.252. The minimum Gasteiger partial charge on any atom is -0.493 e. The lowest BCUT2D eigenvalue weighted by atomic mass is 9.75. The molecule has 0 bridgehead atoms. The maximum atomic E-state index is 11.2. The highest BCUT2D eigenvalue weighted by Crippen LogP contribution is 2.43. The molecule has 1 aromatic carbocycles. The number of hydrogen-bond donors (Lipinski definition) is 3. The molecule has 0 aliphatic carbocycles. The number of piperidine rings is 1. The number of rotatable bonds is 7. The molecule has 0 amide bonds. The van der Waals surface area contributed by atoms with E-state index >= 15 is 0 Å². The largest absolute Gasteiger partial charge is 0.493 e. The summed E-state index contributed by atoms with van der Waals surface area (Å²) in [7, 11) is 4.73. The number of ether oxygens (including phenoxy) is 4. The Morgan fingerprint density at radius 1 is 1.14 bits per heavy atom. The lowest BCUT2D eigenvalue weighted by Crippen LogP contribution is -2.41. The van der Waals surface area contributed by atoms with Crippen LogP contribution in [0.1, 0.15) is 52.2 Å². The molecule has 1 saturated heterocycles. The molecule has 3 aromatic rings. The van der Waals surface area contributed by atoms with E-state index in [0.717, 1.165) is 37.1 Å². The summed E-state index contributed by atoms with van der Waals surface area (Å²) in [5.41, 5.74) is 2.94. The smallest absolute Gasteiger partial charge is 0.293 e. The summed E-state index contributed by atoms with van der Waals surface area (Å²) in [5, 5.41) is 14.6. The third kappa shape index (κ3) is 6.50. The van der Waals surface area contributed by atoms with Crippen molar-refractivity contribution in [1.29, 1.82) is 0 Å². The van der Waals surface area contributed by atoms with Gasteiger partial charge in [-0.25, -0.2) is 9.97 Å². The first-order valence-corrected chi connectivity index (χ1v) is 12.2. The molecule has 10 heteroatoms. The maximum Gasteiger partial charge on any atom is 0.293 e. The highest BCUT2D eigenvalue weighted by molar-refractivity contribution is 5.79. The van der Waals surface area contributed by atoms with Gasteiger partial charge in [0.1, 0.15) is 11.1 Å². The molecule has 1 aliphatic rings. The number of aliphatic hydroxyl groups excluding tert-OH is 1. The number of aliphatic hydroxyl groups is 1. The molecule has 0 spiro atoms. The molecule has 1 fully saturated rings. The molecule has 10 nitrogen and oxygen atoms in total. The summed E-state index contributed by atoms with van der Waals surface area (Å²) in [5.74, 6) is 1.61. The zero-order valence-electron chi connectivity index (χ0n) is 22.7. The molecule has 0 radical (unpaired) electrons. The molecule has 4 rings (SSSR count). The normalized spacial score (nSPS) is 18.4. The molecular weight excluding hydrogens is 476 g/mol. The first-order valence-electron chi connectivity index (χ1n) is 12.2. The van der Waals surface area contributed by atoms with Crippen LogP contribution < -0.4 is 19.5 Å². The molecule has 2 atom stereocenters. The van der Waals surface area contributed by atoms with E-state index in [0.29, 0.717) is 40.6 Å². The standard InChI is InChI=1S/C22H28N4O4.C5H10O2/c1-22(6-5-7-23-12-22)20(27)14-10-24-21-18(14)26-15(11-25-21)13-8-16(28-2)19(30-4)17(9-13)29-3;1-5(2,3)7-4-6/h8-11,20,23,27H,5-7,12H2,1-4H3,(H,24,25);4H,1-3H3. The number of carbonyl (C=O) groups is 1. The van der Waals surface area contributed by atoms with Gasteiger partial charge >= 0.3 is 0 Å². The van der Waals surface area contributed by atoms with Gasteiger partial charge in [-0.3, -0.25) is 4.79 Å². The van der Waals surface area contributed by atoms with Crippen molar-refractivity contribution in [2.75, 3.05) is 34.4 Å². The molecule has 3 heterocycles. The molecule has 2 unspecified atom stereocenters. The molecule has 3 N–H and O–H groups in total. The van der Waals surface area contributed by atoms with Crippen molar-refractivity contribution in [3.8, 4) is 28.5 Å². The Morgan fingerprint density at radius 2 is 1.81 bits per heavy atom. The molecule has 202 valence electrons. The van der Waals surface area contributed by atoms with Crippen LogP contribution in [-0.4, -0.2) is 66.6 Å². The SMILES string of the molecule is CC(C)(C)OC=O.COc1cc(-c2cnc3[nH]cc(C(O)C4(C)CCCNC4)c3n2)cc(OC)c1OC. The van der Waals surface area contributed by atoms with Crippen molar-refractivity contribution < 1.29 is 28.8 Å². The van der Waals surface area contributed by atoms with Gasteiger partial charge in [0, 0.05) is 29.3 Å². The van der Waals surface area contributed by atoms with Crippen LogP contribution in [0.4, 0.5) is 0 Å². The van der Waals surface area contributed by atoms with Gasteiger partial charge in [0.2, 0.25) is 5.75 Å². The molecule has 2 aromatic heterocycles. The predicted molar refractivity (Wildman–Crippen MR) is 141 cm³/mol. The summed E-state index contributed by atoms with van der Waals surface area (Å²) >= 11 is 0.